The Balaban J connectivity index is 2.63. The predicted octanol–water partition coefficient (Wildman–Crippen LogP) is 3.33. The number of carbonyl (C=O) groups excluding carboxylic acids is 3. The van der Waals surface area contributed by atoms with E-state index in [1.54, 1.807) is 96.3 Å². The van der Waals surface area contributed by atoms with Crippen LogP contribution in [0.25, 0.3) is 0 Å². The van der Waals surface area contributed by atoms with E-state index in [2.05, 4.69) is 0 Å². The summed E-state index contributed by atoms with van der Waals surface area (Å²) in [6, 6.07) is 24.0. The van der Waals surface area contributed by atoms with E-state index in [9.17, 15) is 27.6 Å². The van der Waals surface area contributed by atoms with Gasteiger partial charge in [-0.1, -0.05) is 91.0 Å². The zero-order valence-electron chi connectivity index (χ0n) is 20.8. The standard InChI is InChI=1S/C28H27F3NO5P/c1-3-36-25(33)23(32-27(35)28(29,30)31)24(26(34)37-4-2)38(20-14-8-5-9-15-20,21-16-10-6-11-17-21)22-18-12-7-13-19-22/h5-19,23H,3-4H2,1-2H3,(H,32,35). The molecule has 38 heavy (non-hydrogen) atoms. The molecular formula is C28H27F3NO5P. The van der Waals surface area contributed by atoms with Crippen LogP contribution in [0.1, 0.15) is 13.8 Å². The molecule has 1 N–H and O–H groups in total. The molecule has 200 valence electrons. The molecule has 0 fully saturated rings. The first-order valence-electron chi connectivity index (χ1n) is 11.8. The van der Waals surface area contributed by atoms with Crippen molar-refractivity contribution in [3.05, 3.63) is 91.0 Å². The fourth-order valence-electron chi connectivity index (χ4n) is 4.15. The minimum atomic E-state index is -5.32. The molecule has 3 aromatic rings. The number of amides is 1. The van der Waals surface area contributed by atoms with Gasteiger partial charge in [-0.2, -0.15) is 13.2 Å². The quantitative estimate of drug-likeness (QED) is 0.330. The van der Waals surface area contributed by atoms with E-state index in [1.807, 2.05) is 0 Å². The average Bonchev–Trinajstić information content (AvgIpc) is 2.91. The van der Waals surface area contributed by atoms with Crippen LogP contribution in [0.3, 0.4) is 0 Å². The third-order valence-corrected chi connectivity index (χ3v) is 9.99. The summed E-state index contributed by atoms with van der Waals surface area (Å²) >= 11 is 0. The third-order valence-electron chi connectivity index (χ3n) is 5.61. The maximum absolute atomic E-state index is 13.8. The van der Waals surface area contributed by atoms with Crippen LogP contribution in [0.4, 0.5) is 13.2 Å². The van der Waals surface area contributed by atoms with Gasteiger partial charge in [0.2, 0.25) is 0 Å². The number of halogens is 3. The Morgan fingerprint density at radius 2 is 1.13 bits per heavy atom. The molecule has 1 unspecified atom stereocenters. The van der Waals surface area contributed by atoms with Gasteiger partial charge < -0.3 is 14.8 Å². The smallest absolute Gasteiger partial charge is 0.464 e. The maximum Gasteiger partial charge on any atom is 0.471 e. The molecule has 10 heteroatoms. The van der Waals surface area contributed by atoms with Crippen LogP contribution >= 0.6 is 6.89 Å². The number of esters is 2. The van der Waals surface area contributed by atoms with Gasteiger partial charge in [0.15, 0.2) is 6.04 Å². The Kier molecular flexibility index (Phi) is 9.53. The van der Waals surface area contributed by atoms with E-state index in [1.165, 1.54) is 13.8 Å². The first-order chi connectivity index (χ1) is 18.2. The van der Waals surface area contributed by atoms with Gasteiger partial charge in [0.1, 0.15) is 0 Å². The zero-order chi connectivity index (χ0) is 27.8. The van der Waals surface area contributed by atoms with E-state index in [0.29, 0.717) is 15.9 Å². The number of rotatable bonds is 9. The monoisotopic (exact) mass is 545 g/mol. The summed E-state index contributed by atoms with van der Waals surface area (Å²) in [5, 5.41) is 3.11. The van der Waals surface area contributed by atoms with Gasteiger partial charge in [0.05, 0.1) is 18.5 Å². The topological polar surface area (TPSA) is 81.7 Å². The van der Waals surface area contributed by atoms with Crippen LogP contribution in [0.2, 0.25) is 0 Å². The largest absolute Gasteiger partial charge is 0.471 e. The van der Waals surface area contributed by atoms with Crippen molar-refractivity contribution in [1.29, 1.82) is 0 Å². The van der Waals surface area contributed by atoms with Crippen LogP contribution < -0.4 is 21.2 Å². The van der Waals surface area contributed by atoms with Crippen molar-refractivity contribution >= 4 is 45.9 Å². The molecule has 3 rings (SSSR count). The van der Waals surface area contributed by atoms with Crippen molar-refractivity contribution in [2.24, 2.45) is 0 Å². The molecule has 0 aliphatic heterocycles. The molecule has 0 bridgehead atoms. The van der Waals surface area contributed by atoms with E-state index in [4.69, 9.17) is 9.47 Å². The average molecular weight is 545 g/mol. The highest BCUT2D eigenvalue weighted by molar-refractivity contribution is 7.96. The number of benzene rings is 3. The number of alkyl halides is 3. The van der Waals surface area contributed by atoms with Gasteiger partial charge in [0.25, 0.3) is 0 Å². The Bertz CT molecular complexity index is 1210. The second kappa shape index (κ2) is 12.6. The Hall–Kier alpha value is -3.84. The lowest BCUT2D eigenvalue weighted by Crippen LogP contribution is -2.55. The lowest BCUT2D eigenvalue weighted by Gasteiger charge is -2.34. The Morgan fingerprint density at radius 3 is 1.47 bits per heavy atom. The van der Waals surface area contributed by atoms with Gasteiger partial charge in [-0.3, -0.25) is 4.79 Å². The van der Waals surface area contributed by atoms with Crippen molar-refractivity contribution in [1.82, 2.24) is 5.32 Å². The van der Waals surface area contributed by atoms with Crippen LogP contribution in [-0.4, -0.2) is 48.6 Å². The normalized spacial score (nSPS) is 12.2. The number of carbonyl (C=O) groups is 3. The first-order valence-corrected chi connectivity index (χ1v) is 13.6. The minimum absolute atomic E-state index is 0.122. The zero-order valence-corrected chi connectivity index (χ0v) is 21.7. The highest BCUT2D eigenvalue weighted by Gasteiger charge is 2.46. The maximum atomic E-state index is 13.8. The van der Waals surface area contributed by atoms with Gasteiger partial charge >= 0.3 is 24.0 Å². The predicted molar refractivity (Wildman–Crippen MR) is 141 cm³/mol. The molecule has 0 aromatic heterocycles. The molecule has 0 heterocycles. The summed E-state index contributed by atoms with van der Waals surface area (Å²) in [5.41, 5.74) is 0. The van der Waals surface area contributed by atoms with Crippen LogP contribution in [0, 0.1) is 0 Å². The van der Waals surface area contributed by atoms with E-state index in [-0.39, 0.29) is 18.5 Å². The fraction of sp³-hybridized carbons (Fsp3) is 0.214. The molecular weight excluding hydrogens is 518 g/mol. The summed E-state index contributed by atoms with van der Waals surface area (Å²) < 4.78 is 50.8. The second-order valence-corrected chi connectivity index (χ2v) is 11.3. The SMILES string of the molecule is CCOC(=O)C(C(NC(=O)C(F)(F)F)C(=O)OCC)=P(c1ccccc1)(c1ccccc1)c1ccccc1. The molecule has 0 saturated carbocycles. The summed E-state index contributed by atoms with van der Waals surface area (Å²) in [6.45, 7) is -0.738. The molecule has 6 nitrogen and oxygen atoms in total. The molecule has 3 aromatic carbocycles. The molecule has 0 aliphatic rings. The van der Waals surface area contributed by atoms with Crippen LogP contribution in [0.15, 0.2) is 91.0 Å². The second-order valence-electron chi connectivity index (χ2n) is 7.94. The van der Waals surface area contributed by atoms with Crippen molar-refractivity contribution in [3.63, 3.8) is 0 Å². The lowest BCUT2D eigenvalue weighted by molar-refractivity contribution is -0.175. The van der Waals surface area contributed by atoms with Crippen molar-refractivity contribution < 1.29 is 37.0 Å². The number of hydrogen-bond donors (Lipinski definition) is 1. The highest BCUT2D eigenvalue weighted by Crippen LogP contribution is 2.47. The Labute approximate surface area is 218 Å². The minimum Gasteiger partial charge on any atom is -0.464 e. The summed E-state index contributed by atoms with van der Waals surface area (Å²) in [6.07, 6.45) is -5.32. The molecule has 1 atom stereocenters. The van der Waals surface area contributed by atoms with Crippen molar-refractivity contribution in [2.45, 2.75) is 26.1 Å². The van der Waals surface area contributed by atoms with Crippen molar-refractivity contribution in [2.75, 3.05) is 13.2 Å². The van der Waals surface area contributed by atoms with Gasteiger partial charge in [-0.25, -0.2) is 9.59 Å². The van der Waals surface area contributed by atoms with Crippen LogP contribution in [-0.2, 0) is 23.9 Å². The summed E-state index contributed by atoms with van der Waals surface area (Å²) in [7, 11) is 0. The van der Waals surface area contributed by atoms with Gasteiger partial charge in [-0.15, -0.1) is 0 Å². The third kappa shape index (κ3) is 6.00. The molecule has 1 amide bonds. The molecule has 0 saturated heterocycles. The van der Waals surface area contributed by atoms with Crippen molar-refractivity contribution in [3.8, 4) is 0 Å². The number of hydrogen-bond acceptors (Lipinski definition) is 5. The Morgan fingerprint density at radius 1 is 0.737 bits per heavy atom. The number of nitrogens with one attached hydrogen (secondary N) is 1. The summed E-state index contributed by atoms with van der Waals surface area (Å²) in [4.78, 5) is 39.3. The first kappa shape index (κ1) is 28.7. The van der Waals surface area contributed by atoms with Crippen LogP contribution in [0.5, 0.6) is 0 Å². The lowest BCUT2D eigenvalue weighted by atomic mass is 10.2. The molecule has 0 radical (unpaired) electrons. The number of ether oxygens (including phenoxy) is 2. The van der Waals surface area contributed by atoms with E-state index >= 15 is 0 Å². The highest BCUT2D eigenvalue weighted by atomic mass is 31.2. The van der Waals surface area contributed by atoms with E-state index < -0.39 is 36.9 Å². The van der Waals surface area contributed by atoms with Gasteiger partial charge in [-0.05, 0) is 36.6 Å². The fourth-order valence-corrected chi connectivity index (χ4v) is 8.63. The summed E-state index contributed by atoms with van der Waals surface area (Å²) in [5.74, 6) is -4.61. The van der Waals surface area contributed by atoms with E-state index in [0.717, 1.165) is 0 Å². The molecule has 0 spiro atoms. The molecule has 0 aliphatic carbocycles. The van der Waals surface area contributed by atoms with Gasteiger partial charge in [0, 0.05) is 0 Å².